The quantitative estimate of drug-likeness (QED) is 0.730. The van der Waals surface area contributed by atoms with Crippen LogP contribution in [-0.4, -0.2) is 28.0 Å². The number of hydrogen-bond acceptors (Lipinski definition) is 4. The number of nitrogens with one attached hydrogen (secondary N) is 1. The number of rotatable bonds is 5. The molecule has 0 aliphatic carbocycles. The fourth-order valence-corrected chi connectivity index (χ4v) is 1.58. The van der Waals surface area contributed by atoms with E-state index in [9.17, 15) is 5.11 Å². The molecule has 98 valence electrons. The molecule has 0 saturated carbocycles. The lowest BCUT2D eigenvalue weighted by Crippen LogP contribution is -2.27. The first kappa shape index (κ1) is 13.8. The second kappa shape index (κ2) is 4.96. The van der Waals surface area contributed by atoms with Crippen molar-refractivity contribution in [3.63, 3.8) is 0 Å². The predicted octanol–water partition coefficient (Wildman–Crippen LogP) is 1.56. The highest BCUT2D eigenvalue weighted by atomic mass is 16.3. The Labute approximate surface area is 103 Å². The van der Waals surface area contributed by atoms with Crippen LogP contribution in [-0.2, 0) is 7.05 Å². The number of anilines is 2. The first-order valence-electron chi connectivity index (χ1n) is 5.95. The molecule has 0 aliphatic rings. The van der Waals surface area contributed by atoms with Gasteiger partial charge in [0.1, 0.15) is 5.82 Å². The Morgan fingerprint density at radius 1 is 1.47 bits per heavy atom. The molecule has 4 N–H and O–H groups in total. The lowest BCUT2D eigenvalue weighted by molar-refractivity contribution is 0.170. The summed E-state index contributed by atoms with van der Waals surface area (Å²) >= 11 is 0. The molecule has 0 radical (unpaired) electrons. The van der Waals surface area contributed by atoms with Gasteiger partial charge in [0.2, 0.25) is 0 Å². The van der Waals surface area contributed by atoms with Crippen LogP contribution in [0.4, 0.5) is 11.5 Å². The van der Waals surface area contributed by atoms with Crippen LogP contribution in [0.3, 0.4) is 0 Å². The van der Waals surface area contributed by atoms with E-state index < -0.39 is 0 Å². The third-order valence-electron chi connectivity index (χ3n) is 2.82. The van der Waals surface area contributed by atoms with E-state index in [4.69, 9.17) is 5.73 Å². The van der Waals surface area contributed by atoms with Gasteiger partial charge in [-0.1, -0.05) is 27.7 Å². The SMILES string of the molecule is CC(C)c1nn(C)c(NCC(C)(C)CO)c1N. The smallest absolute Gasteiger partial charge is 0.147 e. The minimum Gasteiger partial charge on any atom is -0.396 e. The summed E-state index contributed by atoms with van der Waals surface area (Å²) in [5, 5.41) is 16.9. The van der Waals surface area contributed by atoms with Gasteiger partial charge in [-0.25, -0.2) is 0 Å². The molecule has 0 aliphatic heterocycles. The van der Waals surface area contributed by atoms with E-state index in [-0.39, 0.29) is 12.0 Å². The molecular formula is C12H24N4O. The van der Waals surface area contributed by atoms with Gasteiger partial charge in [0.05, 0.1) is 11.4 Å². The Hall–Kier alpha value is -1.23. The summed E-state index contributed by atoms with van der Waals surface area (Å²) in [5.41, 5.74) is 7.51. The summed E-state index contributed by atoms with van der Waals surface area (Å²) in [5.74, 6) is 1.14. The molecule has 0 bridgehead atoms. The number of aromatic nitrogens is 2. The van der Waals surface area contributed by atoms with Gasteiger partial charge < -0.3 is 16.2 Å². The van der Waals surface area contributed by atoms with Crippen molar-refractivity contribution in [2.75, 3.05) is 24.2 Å². The van der Waals surface area contributed by atoms with Gasteiger partial charge >= 0.3 is 0 Å². The maximum atomic E-state index is 9.21. The average Bonchev–Trinajstić information content (AvgIpc) is 2.52. The summed E-state index contributed by atoms with van der Waals surface area (Å²) < 4.78 is 1.76. The van der Waals surface area contributed by atoms with Gasteiger partial charge in [-0.15, -0.1) is 0 Å². The Morgan fingerprint density at radius 2 is 2.06 bits per heavy atom. The van der Waals surface area contributed by atoms with Gasteiger partial charge in [-0.05, 0) is 5.92 Å². The van der Waals surface area contributed by atoms with E-state index in [1.54, 1.807) is 4.68 Å². The molecule has 0 amide bonds. The molecule has 1 rings (SSSR count). The zero-order valence-corrected chi connectivity index (χ0v) is 11.4. The lowest BCUT2D eigenvalue weighted by Gasteiger charge is -2.22. The standard InChI is InChI=1S/C12H24N4O/c1-8(2)10-9(13)11(16(5)15-10)14-6-12(3,4)7-17/h8,14,17H,6-7,13H2,1-5H3. The van der Waals surface area contributed by atoms with Gasteiger partial charge in [0.15, 0.2) is 0 Å². The lowest BCUT2D eigenvalue weighted by atomic mass is 9.95. The summed E-state index contributed by atoms with van der Waals surface area (Å²) in [4.78, 5) is 0. The molecular weight excluding hydrogens is 216 g/mol. The van der Waals surface area contributed by atoms with Crippen molar-refractivity contribution in [2.45, 2.75) is 33.6 Å². The fraction of sp³-hybridized carbons (Fsp3) is 0.750. The summed E-state index contributed by atoms with van der Waals surface area (Å²) in [6, 6.07) is 0. The van der Waals surface area contributed by atoms with Gasteiger partial charge in [0, 0.05) is 25.6 Å². The molecule has 5 nitrogen and oxygen atoms in total. The molecule has 1 aromatic heterocycles. The van der Waals surface area contributed by atoms with Gasteiger partial charge in [-0.2, -0.15) is 5.10 Å². The fourth-order valence-electron chi connectivity index (χ4n) is 1.58. The van der Waals surface area contributed by atoms with E-state index in [2.05, 4.69) is 24.3 Å². The molecule has 0 aromatic carbocycles. The zero-order chi connectivity index (χ0) is 13.2. The first-order chi connectivity index (χ1) is 7.78. The summed E-state index contributed by atoms with van der Waals surface area (Å²) in [6.45, 7) is 8.92. The normalized spacial score (nSPS) is 12.2. The van der Waals surface area contributed by atoms with Crippen LogP contribution in [0.25, 0.3) is 0 Å². The number of aliphatic hydroxyl groups excluding tert-OH is 1. The highest BCUT2D eigenvalue weighted by Crippen LogP contribution is 2.28. The van der Waals surface area contributed by atoms with Crippen molar-refractivity contribution in [2.24, 2.45) is 12.5 Å². The van der Waals surface area contributed by atoms with Crippen LogP contribution in [0.2, 0.25) is 0 Å². The van der Waals surface area contributed by atoms with Crippen LogP contribution in [0.1, 0.15) is 39.3 Å². The molecule has 0 fully saturated rings. The Morgan fingerprint density at radius 3 is 2.47 bits per heavy atom. The minimum absolute atomic E-state index is 0.134. The van der Waals surface area contributed by atoms with Crippen molar-refractivity contribution in [3.05, 3.63) is 5.69 Å². The van der Waals surface area contributed by atoms with Crippen molar-refractivity contribution in [1.82, 2.24) is 9.78 Å². The van der Waals surface area contributed by atoms with E-state index in [1.807, 2.05) is 20.9 Å². The molecule has 0 unspecified atom stereocenters. The minimum atomic E-state index is -0.172. The third-order valence-corrected chi connectivity index (χ3v) is 2.82. The second-order valence-corrected chi connectivity index (χ2v) is 5.60. The maximum Gasteiger partial charge on any atom is 0.147 e. The third kappa shape index (κ3) is 3.12. The Balaban J connectivity index is 2.85. The zero-order valence-electron chi connectivity index (χ0n) is 11.4. The Kier molecular flexibility index (Phi) is 4.03. The predicted molar refractivity (Wildman–Crippen MR) is 71.1 cm³/mol. The molecule has 0 saturated heterocycles. The second-order valence-electron chi connectivity index (χ2n) is 5.60. The van der Waals surface area contributed by atoms with Crippen LogP contribution < -0.4 is 11.1 Å². The van der Waals surface area contributed by atoms with E-state index in [1.165, 1.54) is 0 Å². The van der Waals surface area contributed by atoms with Crippen LogP contribution >= 0.6 is 0 Å². The highest BCUT2D eigenvalue weighted by Gasteiger charge is 2.20. The van der Waals surface area contributed by atoms with Crippen molar-refractivity contribution in [3.8, 4) is 0 Å². The van der Waals surface area contributed by atoms with E-state index in [0.29, 0.717) is 18.2 Å². The van der Waals surface area contributed by atoms with Crippen molar-refractivity contribution in [1.29, 1.82) is 0 Å². The number of nitrogens with zero attached hydrogens (tertiary/aromatic N) is 2. The summed E-state index contributed by atoms with van der Waals surface area (Å²) in [7, 11) is 1.87. The topological polar surface area (TPSA) is 76.1 Å². The number of aryl methyl sites for hydroxylation is 1. The highest BCUT2D eigenvalue weighted by molar-refractivity contribution is 5.65. The first-order valence-corrected chi connectivity index (χ1v) is 5.95. The van der Waals surface area contributed by atoms with Crippen LogP contribution in [0.5, 0.6) is 0 Å². The van der Waals surface area contributed by atoms with Crippen molar-refractivity contribution >= 4 is 11.5 Å². The molecule has 5 heteroatoms. The Bertz CT molecular complexity index is 382. The van der Waals surface area contributed by atoms with Crippen LogP contribution in [0, 0.1) is 5.41 Å². The van der Waals surface area contributed by atoms with E-state index in [0.717, 1.165) is 11.5 Å². The maximum absolute atomic E-state index is 9.21. The van der Waals surface area contributed by atoms with E-state index >= 15 is 0 Å². The van der Waals surface area contributed by atoms with Crippen molar-refractivity contribution < 1.29 is 5.11 Å². The largest absolute Gasteiger partial charge is 0.396 e. The molecule has 1 aromatic rings. The van der Waals surface area contributed by atoms with Gasteiger partial charge in [-0.3, -0.25) is 4.68 Å². The molecule has 0 spiro atoms. The number of hydrogen-bond donors (Lipinski definition) is 3. The monoisotopic (exact) mass is 240 g/mol. The molecule has 0 atom stereocenters. The molecule has 17 heavy (non-hydrogen) atoms. The number of aliphatic hydroxyl groups is 1. The number of nitrogens with two attached hydrogens (primary N) is 1. The average molecular weight is 240 g/mol. The molecule has 1 heterocycles. The summed E-state index contributed by atoms with van der Waals surface area (Å²) in [6.07, 6.45) is 0. The number of nitrogen functional groups attached to an aromatic ring is 1. The van der Waals surface area contributed by atoms with Crippen LogP contribution in [0.15, 0.2) is 0 Å². The van der Waals surface area contributed by atoms with Gasteiger partial charge in [0.25, 0.3) is 0 Å².